The molecule has 0 aliphatic heterocycles. The lowest BCUT2D eigenvalue weighted by Crippen LogP contribution is -2.05. The highest BCUT2D eigenvalue weighted by molar-refractivity contribution is 9.10. The lowest BCUT2D eigenvalue weighted by Gasteiger charge is -1.95. The summed E-state index contributed by atoms with van der Waals surface area (Å²) in [7, 11) is 0. The number of aromatic nitrogens is 3. The number of aryl methyl sites for hydroxylation is 1. The molecule has 5 nitrogen and oxygen atoms in total. The molecule has 2 heterocycles. The minimum absolute atomic E-state index is 0.0993. The summed E-state index contributed by atoms with van der Waals surface area (Å²) in [4.78, 5) is 5.15. The van der Waals surface area contributed by atoms with Gasteiger partial charge in [0.05, 0.1) is 12.3 Å². The molecule has 0 radical (unpaired) electrons. The second kappa shape index (κ2) is 3.84. The summed E-state index contributed by atoms with van der Waals surface area (Å²) in [6, 6.07) is 0. The third-order valence-electron chi connectivity index (χ3n) is 1.70. The number of nitrogens with zero attached hydrogens (tertiary/aromatic N) is 3. The van der Waals surface area contributed by atoms with Crippen LogP contribution in [0.3, 0.4) is 0 Å². The van der Waals surface area contributed by atoms with Crippen molar-refractivity contribution in [3.63, 3.8) is 0 Å². The standard InChI is InChI=1S/C7H9BrN4OS/c1-4-5(8)12-7(10-4)14-6(11-12)9-2-3-13/h13H,2-3H2,1H3,(H,9,11). The number of hydrogen-bond acceptors (Lipinski definition) is 5. The van der Waals surface area contributed by atoms with Gasteiger partial charge >= 0.3 is 0 Å². The molecule has 2 aromatic rings. The highest BCUT2D eigenvalue weighted by Gasteiger charge is 2.10. The number of anilines is 1. The first-order valence-electron chi connectivity index (χ1n) is 4.09. The molecular weight excluding hydrogens is 268 g/mol. The fourth-order valence-electron chi connectivity index (χ4n) is 1.06. The van der Waals surface area contributed by atoms with Gasteiger partial charge in [-0.25, -0.2) is 4.98 Å². The third kappa shape index (κ3) is 1.62. The number of rotatable bonds is 3. The molecule has 2 aromatic heterocycles. The molecule has 7 heteroatoms. The summed E-state index contributed by atoms with van der Waals surface area (Å²) < 4.78 is 2.61. The van der Waals surface area contributed by atoms with Crippen molar-refractivity contribution in [3.8, 4) is 0 Å². The van der Waals surface area contributed by atoms with Crippen molar-refractivity contribution < 1.29 is 5.11 Å². The number of halogens is 1. The van der Waals surface area contributed by atoms with Crippen LogP contribution in [0.5, 0.6) is 0 Å². The summed E-state index contributed by atoms with van der Waals surface area (Å²) in [6.45, 7) is 2.53. The fraction of sp³-hybridized carbons (Fsp3) is 0.429. The third-order valence-corrected chi connectivity index (χ3v) is 3.47. The van der Waals surface area contributed by atoms with E-state index in [2.05, 4.69) is 31.3 Å². The van der Waals surface area contributed by atoms with Gasteiger partial charge in [-0.3, -0.25) is 0 Å². The van der Waals surface area contributed by atoms with Gasteiger partial charge in [-0.15, -0.1) is 5.10 Å². The Morgan fingerprint density at radius 3 is 3.07 bits per heavy atom. The van der Waals surface area contributed by atoms with Crippen LogP contribution < -0.4 is 5.32 Å². The molecule has 2 rings (SSSR count). The summed E-state index contributed by atoms with van der Waals surface area (Å²) >= 11 is 4.86. The quantitative estimate of drug-likeness (QED) is 0.886. The Morgan fingerprint density at radius 1 is 1.64 bits per heavy atom. The highest BCUT2D eigenvalue weighted by Crippen LogP contribution is 2.24. The second-order valence-corrected chi connectivity index (χ2v) is 4.45. The van der Waals surface area contributed by atoms with E-state index in [0.29, 0.717) is 6.54 Å². The molecule has 0 spiro atoms. The summed E-state index contributed by atoms with van der Waals surface area (Å²) in [6.07, 6.45) is 0. The molecule has 76 valence electrons. The van der Waals surface area contributed by atoms with E-state index in [0.717, 1.165) is 20.4 Å². The Morgan fingerprint density at radius 2 is 2.43 bits per heavy atom. The minimum atomic E-state index is 0.0993. The normalized spacial score (nSPS) is 11.1. The van der Waals surface area contributed by atoms with E-state index in [-0.39, 0.29) is 6.61 Å². The van der Waals surface area contributed by atoms with E-state index in [9.17, 15) is 0 Å². The van der Waals surface area contributed by atoms with Crippen molar-refractivity contribution in [2.45, 2.75) is 6.92 Å². The van der Waals surface area contributed by atoms with Crippen LogP contribution >= 0.6 is 27.3 Å². The monoisotopic (exact) mass is 276 g/mol. The smallest absolute Gasteiger partial charge is 0.215 e. The van der Waals surface area contributed by atoms with E-state index in [4.69, 9.17) is 5.11 Å². The van der Waals surface area contributed by atoms with E-state index >= 15 is 0 Å². The molecule has 0 saturated carbocycles. The Hall–Kier alpha value is -0.660. The van der Waals surface area contributed by atoms with E-state index in [1.807, 2.05) is 6.92 Å². The molecule has 0 aliphatic rings. The number of hydrogen-bond donors (Lipinski definition) is 2. The van der Waals surface area contributed by atoms with Crippen LogP contribution in [0.4, 0.5) is 5.13 Å². The number of aliphatic hydroxyl groups excluding tert-OH is 1. The van der Waals surface area contributed by atoms with Crippen LogP contribution in [0, 0.1) is 6.92 Å². The summed E-state index contributed by atoms with van der Waals surface area (Å²) in [5, 5.41) is 16.7. The number of aliphatic hydroxyl groups is 1. The summed E-state index contributed by atoms with van der Waals surface area (Å²) in [5.41, 5.74) is 0.928. The van der Waals surface area contributed by atoms with Gasteiger partial charge in [0.2, 0.25) is 10.1 Å². The van der Waals surface area contributed by atoms with Crippen molar-refractivity contribution >= 4 is 37.4 Å². The van der Waals surface area contributed by atoms with Gasteiger partial charge in [-0.05, 0) is 22.9 Å². The zero-order valence-corrected chi connectivity index (χ0v) is 9.89. The average molecular weight is 277 g/mol. The molecule has 14 heavy (non-hydrogen) atoms. The molecule has 2 N–H and O–H groups in total. The summed E-state index contributed by atoms with van der Waals surface area (Å²) in [5.74, 6) is 0. The molecule has 0 fully saturated rings. The molecule has 0 saturated heterocycles. The molecule has 0 atom stereocenters. The van der Waals surface area contributed by atoms with E-state index < -0.39 is 0 Å². The van der Waals surface area contributed by atoms with Gasteiger partial charge < -0.3 is 10.4 Å². The minimum Gasteiger partial charge on any atom is -0.395 e. The van der Waals surface area contributed by atoms with Crippen LogP contribution in [-0.2, 0) is 0 Å². The zero-order valence-electron chi connectivity index (χ0n) is 7.49. The first kappa shape index (κ1) is 9.88. The first-order chi connectivity index (χ1) is 6.72. The topological polar surface area (TPSA) is 62.5 Å². The van der Waals surface area contributed by atoms with Crippen molar-refractivity contribution in [2.75, 3.05) is 18.5 Å². The van der Waals surface area contributed by atoms with Crippen molar-refractivity contribution in [1.29, 1.82) is 0 Å². The maximum absolute atomic E-state index is 8.63. The lowest BCUT2D eigenvalue weighted by atomic mass is 10.6. The molecule has 0 aromatic carbocycles. The maximum Gasteiger partial charge on any atom is 0.215 e. The fourth-order valence-corrected chi connectivity index (χ4v) is 2.38. The Balaban J connectivity index is 2.34. The van der Waals surface area contributed by atoms with Crippen molar-refractivity contribution in [1.82, 2.24) is 14.6 Å². The largest absolute Gasteiger partial charge is 0.395 e. The Kier molecular flexibility index (Phi) is 2.71. The molecule has 0 amide bonds. The van der Waals surface area contributed by atoms with Gasteiger partial charge in [0.15, 0.2) is 0 Å². The average Bonchev–Trinajstić information content (AvgIpc) is 2.66. The molecular formula is C7H9BrN4OS. The predicted molar refractivity (Wildman–Crippen MR) is 58.9 cm³/mol. The molecule has 0 bridgehead atoms. The number of nitrogens with one attached hydrogen (secondary N) is 1. The van der Waals surface area contributed by atoms with Crippen LogP contribution in [0.25, 0.3) is 4.96 Å². The highest BCUT2D eigenvalue weighted by atomic mass is 79.9. The molecule has 0 aliphatic carbocycles. The van der Waals surface area contributed by atoms with Gasteiger partial charge in [0.25, 0.3) is 0 Å². The predicted octanol–water partition coefficient (Wildman–Crippen LogP) is 1.27. The maximum atomic E-state index is 8.63. The van der Waals surface area contributed by atoms with Crippen molar-refractivity contribution in [3.05, 3.63) is 10.3 Å². The van der Waals surface area contributed by atoms with Crippen molar-refractivity contribution in [2.24, 2.45) is 0 Å². The van der Waals surface area contributed by atoms with Crippen LogP contribution in [-0.4, -0.2) is 32.9 Å². The van der Waals surface area contributed by atoms with E-state index in [1.165, 1.54) is 11.3 Å². The Bertz CT molecular complexity index is 452. The van der Waals surface area contributed by atoms with Crippen LogP contribution in [0.15, 0.2) is 4.60 Å². The van der Waals surface area contributed by atoms with Gasteiger partial charge in [0, 0.05) is 6.54 Å². The first-order valence-corrected chi connectivity index (χ1v) is 5.69. The van der Waals surface area contributed by atoms with E-state index in [1.54, 1.807) is 4.52 Å². The SMILES string of the molecule is Cc1nc2sc(NCCO)nn2c1Br. The van der Waals surface area contributed by atoms with Crippen LogP contribution in [0.2, 0.25) is 0 Å². The lowest BCUT2D eigenvalue weighted by molar-refractivity contribution is 0.311. The molecule has 0 unspecified atom stereocenters. The zero-order chi connectivity index (χ0) is 10.1. The number of imidazole rings is 1. The van der Waals surface area contributed by atoms with Gasteiger partial charge in [0.1, 0.15) is 4.60 Å². The second-order valence-electron chi connectivity index (χ2n) is 2.74. The van der Waals surface area contributed by atoms with Crippen LogP contribution in [0.1, 0.15) is 5.69 Å². The van der Waals surface area contributed by atoms with Gasteiger partial charge in [-0.2, -0.15) is 4.52 Å². The number of fused-ring (bicyclic) bond motifs is 1. The Labute approximate surface area is 92.9 Å². The van der Waals surface area contributed by atoms with Gasteiger partial charge in [-0.1, -0.05) is 11.3 Å².